The Kier molecular flexibility index (Phi) is 6.53. The average Bonchev–Trinajstić information content (AvgIpc) is 3.07. The lowest BCUT2D eigenvalue weighted by atomic mass is 10.0. The quantitative estimate of drug-likeness (QED) is 0.185. The number of carbonyl (C=O) groups is 2. The minimum Gasteiger partial charge on any atom is -0.507 e. The number of aromatic hydroxyl groups is 1. The lowest BCUT2D eigenvalue weighted by molar-refractivity contribution is 0.0734. The molecule has 8 heteroatoms. The van der Waals surface area contributed by atoms with Gasteiger partial charge < -0.3 is 24.6 Å². The van der Waals surface area contributed by atoms with Crippen molar-refractivity contribution in [3.05, 3.63) is 101 Å². The van der Waals surface area contributed by atoms with Gasteiger partial charge in [0.1, 0.15) is 17.1 Å². The van der Waals surface area contributed by atoms with E-state index >= 15 is 0 Å². The fraction of sp³-hybridized carbons (Fsp3) is 0.100. The van der Waals surface area contributed by atoms with Gasteiger partial charge in [-0.25, -0.2) is 4.79 Å². The number of aryl methyl sites for hydroxylation is 1. The third kappa shape index (κ3) is 4.55. The molecule has 0 spiro atoms. The molecule has 0 atom stereocenters. The second-order valence-electron chi connectivity index (χ2n) is 8.65. The highest BCUT2D eigenvalue weighted by Crippen LogP contribution is 2.48. The monoisotopic (exact) mass is 508 g/mol. The van der Waals surface area contributed by atoms with Gasteiger partial charge in [-0.2, -0.15) is 0 Å². The summed E-state index contributed by atoms with van der Waals surface area (Å²) in [6.07, 6.45) is 1.42. The predicted octanol–water partition coefficient (Wildman–Crippen LogP) is 6.35. The van der Waals surface area contributed by atoms with Crippen LogP contribution in [0.2, 0.25) is 0 Å². The Labute approximate surface area is 219 Å². The van der Waals surface area contributed by atoms with Crippen molar-refractivity contribution in [1.29, 1.82) is 0 Å². The van der Waals surface area contributed by atoms with Crippen LogP contribution < -0.4 is 19.5 Å². The van der Waals surface area contributed by atoms with Gasteiger partial charge in [0.25, 0.3) is 5.91 Å². The van der Waals surface area contributed by atoms with Crippen molar-refractivity contribution in [2.75, 3.05) is 12.4 Å². The van der Waals surface area contributed by atoms with Gasteiger partial charge in [-0.1, -0.05) is 36.4 Å². The number of benzene rings is 4. The Bertz CT molecular complexity index is 1580. The van der Waals surface area contributed by atoms with Gasteiger partial charge in [-0.05, 0) is 55.8 Å². The number of fused-ring (bicyclic) bond motifs is 2. The maximum atomic E-state index is 13.4. The van der Waals surface area contributed by atoms with Crippen molar-refractivity contribution < 1.29 is 28.9 Å². The number of rotatable bonds is 5. The second-order valence-corrected chi connectivity index (χ2v) is 8.65. The molecule has 0 fully saturated rings. The number of aliphatic imine (C=N–C) groups is 1. The predicted molar refractivity (Wildman–Crippen MR) is 144 cm³/mol. The lowest BCUT2D eigenvalue weighted by Crippen LogP contribution is -2.14. The molecule has 1 heterocycles. The Morgan fingerprint density at radius 3 is 2.32 bits per heavy atom. The molecule has 0 aliphatic carbocycles. The van der Waals surface area contributed by atoms with E-state index in [9.17, 15) is 14.7 Å². The molecule has 0 aromatic heterocycles. The Balaban J connectivity index is 1.69. The summed E-state index contributed by atoms with van der Waals surface area (Å²) in [5.74, 6) is -0.897. The van der Waals surface area contributed by atoms with Gasteiger partial charge >= 0.3 is 5.97 Å². The molecule has 0 bridgehead atoms. The number of ether oxygens (including phenoxy) is 3. The van der Waals surface area contributed by atoms with E-state index < -0.39 is 11.9 Å². The van der Waals surface area contributed by atoms with Crippen LogP contribution in [0.5, 0.6) is 28.7 Å². The van der Waals surface area contributed by atoms with Crippen molar-refractivity contribution in [3.8, 4) is 28.7 Å². The van der Waals surface area contributed by atoms with Gasteiger partial charge in [0.15, 0.2) is 17.2 Å². The molecule has 5 rings (SSSR count). The van der Waals surface area contributed by atoms with Crippen LogP contribution in [0.25, 0.3) is 0 Å². The number of amides is 1. The minimum absolute atomic E-state index is 0.0168. The van der Waals surface area contributed by atoms with Crippen LogP contribution in [0.15, 0.2) is 77.8 Å². The number of hydrogen-bond donors (Lipinski definition) is 2. The largest absolute Gasteiger partial charge is 0.507 e. The first-order chi connectivity index (χ1) is 18.4. The van der Waals surface area contributed by atoms with E-state index in [2.05, 4.69) is 10.3 Å². The van der Waals surface area contributed by atoms with Crippen molar-refractivity contribution in [3.63, 3.8) is 0 Å². The van der Waals surface area contributed by atoms with Crippen molar-refractivity contribution in [1.82, 2.24) is 0 Å². The molecule has 4 aromatic carbocycles. The van der Waals surface area contributed by atoms with Gasteiger partial charge in [-0.15, -0.1) is 0 Å². The average molecular weight is 509 g/mol. The first-order valence-corrected chi connectivity index (χ1v) is 11.8. The van der Waals surface area contributed by atoms with Crippen LogP contribution in [0.4, 0.5) is 11.4 Å². The van der Waals surface area contributed by atoms with Crippen molar-refractivity contribution in [2.24, 2.45) is 4.99 Å². The smallest absolute Gasteiger partial charge is 0.347 e. The number of esters is 1. The molecule has 38 heavy (non-hydrogen) atoms. The maximum Gasteiger partial charge on any atom is 0.347 e. The number of hydrogen-bond acceptors (Lipinski definition) is 7. The third-order valence-electron chi connectivity index (χ3n) is 6.13. The minimum atomic E-state index is -0.698. The number of carbonyl (C=O) groups excluding carboxylic acids is 2. The molecule has 4 aromatic rings. The maximum absolute atomic E-state index is 13.4. The summed E-state index contributed by atoms with van der Waals surface area (Å²) in [5.41, 5.74) is 2.48. The lowest BCUT2D eigenvalue weighted by Gasteiger charge is -2.18. The summed E-state index contributed by atoms with van der Waals surface area (Å²) in [4.78, 5) is 31.2. The summed E-state index contributed by atoms with van der Waals surface area (Å²) in [7, 11) is 1.46. The fourth-order valence-corrected chi connectivity index (χ4v) is 4.20. The standard InChI is InChI=1S/C30H24N2O6/c1-17-14-23(33)22(16-31-19-10-6-4-7-11-19)27-25(17)30(35)38-26-18(2)24(36-3)15-21(28(26)37-27)29(34)32-20-12-8-5-9-13-20/h4-16,33H,1-3H3,(H,32,34). The molecule has 8 nitrogen and oxygen atoms in total. The molecule has 1 amide bonds. The molecule has 0 radical (unpaired) electrons. The van der Waals surface area contributed by atoms with E-state index in [1.165, 1.54) is 25.5 Å². The summed E-state index contributed by atoms with van der Waals surface area (Å²) in [5, 5.41) is 13.7. The van der Waals surface area contributed by atoms with Crippen LogP contribution in [0, 0.1) is 13.8 Å². The summed E-state index contributed by atoms with van der Waals surface area (Å²) >= 11 is 0. The van der Waals surface area contributed by atoms with Gasteiger partial charge in [0, 0.05) is 17.5 Å². The number of phenolic OH excluding ortho intramolecular Hbond substituents is 1. The highest BCUT2D eigenvalue weighted by Gasteiger charge is 2.34. The van der Waals surface area contributed by atoms with Gasteiger partial charge in [0.2, 0.25) is 0 Å². The van der Waals surface area contributed by atoms with Crippen LogP contribution in [-0.2, 0) is 0 Å². The molecule has 0 saturated carbocycles. The van der Waals surface area contributed by atoms with Gasteiger partial charge in [0.05, 0.1) is 23.9 Å². The molecule has 0 saturated heterocycles. The van der Waals surface area contributed by atoms with Gasteiger partial charge in [-0.3, -0.25) is 9.79 Å². The summed E-state index contributed by atoms with van der Waals surface area (Å²) in [6.45, 7) is 3.36. The van der Waals surface area contributed by atoms with Crippen LogP contribution in [0.3, 0.4) is 0 Å². The van der Waals surface area contributed by atoms with E-state index in [1.807, 2.05) is 24.3 Å². The van der Waals surface area contributed by atoms with E-state index in [0.717, 1.165) is 0 Å². The Morgan fingerprint density at radius 1 is 0.947 bits per heavy atom. The molecule has 1 aliphatic rings. The first-order valence-electron chi connectivity index (χ1n) is 11.8. The SMILES string of the molecule is COc1cc(C(=O)Nc2ccccc2)c2c(c1C)OC(=O)c1c(C)cc(O)c(C=Nc3ccccc3)c1O2. The molecule has 1 aliphatic heterocycles. The molecular formula is C30H24N2O6. The van der Waals surface area contributed by atoms with E-state index in [4.69, 9.17) is 14.2 Å². The number of anilines is 1. The molecule has 2 N–H and O–H groups in total. The highest BCUT2D eigenvalue weighted by atomic mass is 16.6. The summed E-state index contributed by atoms with van der Waals surface area (Å²) in [6, 6.07) is 21.0. The van der Waals surface area contributed by atoms with Crippen LogP contribution >= 0.6 is 0 Å². The second kappa shape index (κ2) is 10.1. The number of para-hydroxylation sites is 2. The zero-order valence-electron chi connectivity index (χ0n) is 20.9. The van der Waals surface area contributed by atoms with Crippen molar-refractivity contribution in [2.45, 2.75) is 13.8 Å². The van der Waals surface area contributed by atoms with Crippen molar-refractivity contribution >= 4 is 29.5 Å². The highest BCUT2D eigenvalue weighted by molar-refractivity contribution is 6.09. The van der Waals surface area contributed by atoms with Crippen LogP contribution in [0.1, 0.15) is 37.4 Å². The number of nitrogens with zero attached hydrogens (tertiary/aromatic N) is 1. The number of nitrogens with one attached hydrogen (secondary N) is 1. The topological polar surface area (TPSA) is 106 Å². The summed E-state index contributed by atoms with van der Waals surface area (Å²) < 4.78 is 17.6. The molecule has 190 valence electrons. The third-order valence-corrected chi connectivity index (χ3v) is 6.13. The normalized spacial score (nSPS) is 12.1. The Hall–Kier alpha value is -5.11. The molecule has 0 unspecified atom stereocenters. The zero-order chi connectivity index (χ0) is 26.8. The number of phenols is 1. The zero-order valence-corrected chi connectivity index (χ0v) is 20.9. The Morgan fingerprint density at radius 2 is 1.63 bits per heavy atom. The van der Waals surface area contributed by atoms with E-state index in [-0.39, 0.29) is 39.7 Å². The first kappa shape index (κ1) is 24.6. The number of methoxy groups -OCH3 is 1. The fourth-order valence-electron chi connectivity index (χ4n) is 4.20. The molecular weight excluding hydrogens is 484 g/mol. The van der Waals surface area contributed by atoms with E-state index in [0.29, 0.717) is 28.3 Å². The van der Waals surface area contributed by atoms with Crippen LogP contribution in [-0.4, -0.2) is 30.3 Å². The van der Waals surface area contributed by atoms with E-state index in [1.54, 1.807) is 50.2 Å².